The molecule has 0 radical (unpaired) electrons. The Bertz CT molecular complexity index is 794. The summed E-state index contributed by atoms with van der Waals surface area (Å²) in [6.07, 6.45) is 1.04. The third-order valence-electron chi connectivity index (χ3n) is 4.64. The van der Waals surface area contributed by atoms with Crippen molar-refractivity contribution in [3.63, 3.8) is 0 Å². The molecule has 0 unspecified atom stereocenters. The second kappa shape index (κ2) is 8.04. The maximum atomic E-state index is 12.1. The smallest absolute Gasteiger partial charge is 0.335 e. The number of carbonyl (C=O) groups excluding carboxylic acids is 1. The summed E-state index contributed by atoms with van der Waals surface area (Å²) in [5.74, 6) is -0.660. The van der Waals surface area contributed by atoms with Gasteiger partial charge in [0.25, 0.3) is 5.91 Å². The molecule has 138 valence electrons. The van der Waals surface area contributed by atoms with Crippen LogP contribution in [-0.4, -0.2) is 23.6 Å². The van der Waals surface area contributed by atoms with E-state index in [0.717, 1.165) is 6.42 Å². The number of carboxylic acids is 1. The van der Waals surface area contributed by atoms with E-state index in [1.807, 2.05) is 24.3 Å². The Morgan fingerprint density at radius 3 is 2.31 bits per heavy atom. The highest BCUT2D eigenvalue weighted by atomic mass is 16.5. The van der Waals surface area contributed by atoms with Gasteiger partial charge in [-0.15, -0.1) is 0 Å². The lowest BCUT2D eigenvalue weighted by Gasteiger charge is -2.23. The van der Waals surface area contributed by atoms with Crippen LogP contribution in [0.4, 0.5) is 5.69 Å². The second-order valence-electron chi connectivity index (χ2n) is 6.93. The van der Waals surface area contributed by atoms with Gasteiger partial charge in [0.05, 0.1) is 5.56 Å². The van der Waals surface area contributed by atoms with Crippen LogP contribution >= 0.6 is 0 Å². The molecule has 2 rings (SSSR count). The number of aryl methyl sites for hydroxylation is 1. The van der Waals surface area contributed by atoms with E-state index in [1.165, 1.54) is 17.7 Å². The predicted molar refractivity (Wildman–Crippen MR) is 102 cm³/mol. The molecule has 0 aromatic heterocycles. The molecule has 0 fully saturated rings. The first-order valence-electron chi connectivity index (χ1n) is 8.60. The number of ether oxygens (including phenoxy) is 1. The van der Waals surface area contributed by atoms with Gasteiger partial charge in [-0.2, -0.15) is 0 Å². The van der Waals surface area contributed by atoms with Crippen molar-refractivity contribution < 1.29 is 19.4 Å². The number of amides is 1. The minimum atomic E-state index is -0.996. The van der Waals surface area contributed by atoms with Crippen LogP contribution in [-0.2, 0) is 10.2 Å². The van der Waals surface area contributed by atoms with Gasteiger partial charge in [0.1, 0.15) is 5.75 Å². The van der Waals surface area contributed by atoms with Crippen LogP contribution < -0.4 is 10.1 Å². The van der Waals surface area contributed by atoms with Gasteiger partial charge >= 0.3 is 5.97 Å². The molecular weight excluding hydrogens is 330 g/mol. The van der Waals surface area contributed by atoms with Crippen molar-refractivity contribution in [2.45, 2.75) is 39.5 Å². The van der Waals surface area contributed by atoms with Gasteiger partial charge in [-0.3, -0.25) is 4.79 Å². The van der Waals surface area contributed by atoms with Crippen molar-refractivity contribution in [3.8, 4) is 5.75 Å². The standard InChI is InChI=1S/C21H25NO4/c1-5-21(3,4)16-7-9-17(10-8-16)26-13-19(23)22-18-11-6-15(20(24)25)12-14(18)2/h6-12H,5,13H2,1-4H3,(H,22,23)(H,24,25). The zero-order valence-corrected chi connectivity index (χ0v) is 15.6. The highest BCUT2D eigenvalue weighted by Gasteiger charge is 2.17. The Morgan fingerprint density at radius 1 is 1.12 bits per heavy atom. The Kier molecular flexibility index (Phi) is 6.03. The van der Waals surface area contributed by atoms with Gasteiger partial charge < -0.3 is 15.2 Å². The maximum Gasteiger partial charge on any atom is 0.335 e. The number of rotatable bonds is 7. The van der Waals surface area contributed by atoms with E-state index in [1.54, 1.807) is 13.0 Å². The first-order chi connectivity index (χ1) is 12.2. The zero-order valence-electron chi connectivity index (χ0n) is 15.6. The van der Waals surface area contributed by atoms with E-state index in [2.05, 4.69) is 26.1 Å². The Labute approximate surface area is 154 Å². The highest BCUT2D eigenvalue weighted by molar-refractivity contribution is 5.94. The quantitative estimate of drug-likeness (QED) is 0.772. The fraction of sp³-hybridized carbons (Fsp3) is 0.333. The van der Waals surface area contributed by atoms with Crippen LogP contribution in [0, 0.1) is 6.92 Å². The monoisotopic (exact) mass is 355 g/mol. The number of benzene rings is 2. The van der Waals surface area contributed by atoms with Crippen LogP contribution in [0.15, 0.2) is 42.5 Å². The summed E-state index contributed by atoms with van der Waals surface area (Å²) in [4.78, 5) is 23.0. The summed E-state index contributed by atoms with van der Waals surface area (Å²) in [5.41, 5.74) is 2.78. The van der Waals surface area contributed by atoms with Gasteiger partial charge in [-0.05, 0) is 60.2 Å². The molecule has 5 nitrogen and oxygen atoms in total. The summed E-state index contributed by atoms with van der Waals surface area (Å²) in [5, 5.41) is 11.7. The number of carboxylic acid groups (broad SMARTS) is 1. The second-order valence-corrected chi connectivity index (χ2v) is 6.93. The van der Waals surface area contributed by atoms with Crippen molar-refractivity contribution in [2.75, 3.05) is 11.9 Å². The van der Waals surface area contributed by atoms with E-state index in [4.69, 9.17) is 9.84 Å². The molecule has 0 heterocycles. The molecule has 0 aliphatic heterocycles. The molecule has 1 amide bonds. The number of anilines is 1. The number of hydrogen-bond acceptors (Lipinski definition) is 3. The summed E-state index contributed by atoms with van der Waals surface area (Å²) in [6, 6.07) is 12.3. The normalized spacial score (nSPS) is 11.1. The first-order valence-corrected chi connectivity index (χ1v) is 8.60. The van der Waals surface area contributed by atoms with E-state index in [9.17, 15) is 9.59 Å². The van der Waals surface area contributed by atoms with Gasteiger partial charge in [0.2, 0.25) is 0 Å². The van der Waals surface area contributed by atoms with E-state index < -0.39 is 5.97 Å². The lowest BCUT2D eigenvalue weighted by atomic mass is 9.82. The van der Waals surface area contributed by atoms with E-state index >= 15 is 0 Å². The molecule has 0 atom stereocenters. The van der Waals surface area contributed by atoms with Gasteiger partial charge in [0, 0.05) is 5.69 Å². The number of carbonyl (C=O) groups is 2. The predicted octanol–water partition coefficient (Wildman–Crippen LogP) is 4.40. The molecule has 2 N–H and O–H groups in total. The topological polar surface area (TPSA) is 75.6 Å². The molecule has 0 saturated carbocycles. The third-order valence-corrected chi connectivity index (χ3v) is 4.64. The Hall–Kier alpha value is -2.82. The summed E-state index contributed by atoms with van der Waals surface area (Å²) in [6.45, 7) is 8.16. The molecule has 0 saturated heterocycles. The molecule has 0 aliphatic rings. The average Bonchev–Trinajstić information content (AvgIpc) is 2.62. The van der Waals surface area contributed by atoms with Crippen molar-refractivity contribution in [3.05, 3.63) is 59.2 Å². The Morgan fingerprint density at radius 2 is 1.77 bits per heavy atom. The van der Waals surface area contributed by atoms with Crippen LogP contribution in [0.25, 0.3) is 0 Å². The van der Waals surface area contributed by atoms with Crippen molar-refractivity contribution in [1.29, 1.82) is 0 Å². The fourth-order valence-corrected chi connectivity index (χ4v) is 2.48. The van der Waals surface area contributed by atoms with Crippen LogP contribution in [0.3, 0.4) is 0 Å². The molecule has 0 spiro atoms. The SMILES string of the molecule is CCC(C)(C)c1ccc(OCC(=O)Nc2ccc(C(=O)O)cc2C)cc1. The van der Waals surface area contributed by atoms with Crippen molar-refractivity contribution in [2.24, 2.45) is 0 Å². The molecule has 2 aromatic rings. The van der Waals surface area contributed by atoms with Crippen LogP contribution in [0.1, 0.15) is 48.7 Å². The van der Waals surface area contributed by atoms with Crippen molar-refractivity contribution >= 4 is 17.6 Å². The van der Waals surface area contributed by atoms with Crippen LogP contribution in [0.5, 0.6) is 5.75 Å². The summed E-state index contributed by atoms with van der Waals surface area (Å²) in [7, 11) is 0. The number of hydrogen-bond donors (Lipinski definition) is 2. The minimum Gasteiger partial charge on any atom is -0.484 e. The van der Waals surface area contributed by atoms with E-state index in [0.29, 0.717) is 17.0 Å². The lowest BCUT2D eigenvalue weighted by molar-refractivity contribution is -0.118. The van der Waals surface area contributed by atoms with Crippen LogP contribution in [0.2, 0.25) is 0 Å². The van der Waals surface area contributed by atoms with Gasteiger partial charge in [0.15, 0.2) is 6.61 Å². The number of nitrogens with one attached hydrogen (secondary N) is 1. The minimum absolute atomic E-state index is 0.107. The lowest BCUT2D eigenvalue weighted by Crippen LogP contribution is -2.21. The third kappa shape index (κ3) is 4.85. The molecule has 0 bridgehead atoms. The first kappa shape index (κ1) is 19.5. The fourth-order valence-electron chi connectivity index (χ4n) is 2.48. The molecule has 26 heavy (non-hydrogen) atoms. The molecule has 2 aromatic carbocycles. The molecule has 5 heteroatoms. The van der Waals surface area contributed by atoms with Crippen molar-refractivity contribution in [1.82, 2.24) is 0 Å². The van der Waals surface area contributed by atoms with Gasteiger partial charge in [-0.25, -0.2) is 4.79 Å². The molecular formula is C21H25NO4. The summed E-state index contributed by atoms with van der Waals surface area (Å²) >= 11 is 0. The molecule has 0 aliphatic carbocycles. The average molecular weight is 355 g/mol. The maximum absolute atomic E-state index is 12.1. The number of aromatic carboxylic acids is 1. The summed E-state index contributed by atoms with van der Waals surface area (Å²) < 4.78 is 5.54. The largest absolute Gasteiger partial charge is 0.484 e. The highest BCUT2D eigenvalue weighted by Crippen LogP contribution is 2.28. The zero-order chi connectivity index (χ0) is 19.3. The van der Waals surface area contributed by atoms with Gasteiger partial charge in [-0.1, -0.05) is 32.9 Å². The van der Waals surface area contributed by atoms with E-state index in [-0.39, 0.29) is 23.5 Å². The Balaban J connectivity index is 1.94.